The van der Waals surface area contributed by atoms with Gasteiger partial charge in [0, 0.05) is 16.1 Å². The molecule has 1 aliphatic heterocycles. The first kappa shape index (κ1) is 27.5. The largest absolute Gasteiger partial charge is 0.370 e. The summed E-state index contributed by atoms with van der Waals surface area (Å²) in [4.78, 5) is 27.0. The SMILES string of the molecule is CC(CS(=O)(=O)C(C)(C)C)N1C(=O)[C@H](CC(N)=O)O[C@H](c2cccc(Cl)c2)[C@H]1c1ccc(Cl)cc1. The molecule has 1 saturated heterocycles. The van der Waals surface area contributed by atoms with E-state index in [9.17, 15) is 18.0 Å². The van der Waals surface area contributed by atoms with Crippen molar-refractivity contribution in [2.24, 2.45) is 5.73 Å². The molecule has 0 spiro atoms. The van der Waals surface area contributed by atoms with Gasteiger partial charge in [-0.2, -0.15) is 0 Å². The van der Waals surface area contributed by atoms with Crippen LogP contribution in [0, 0.1) is 0 Å². The lowest BCUT2D eigenvalue weighted by molar-refractivity contribution is -0.179. The molecule has 1 heterocycles. The summed E-state index contributed by atoms with van der Waals surface area (Å²) in [6.07, 6.45) is -2.24. The molecule has 1 unspecified atom stereocenters. The van der Waals surface area contributed by atoms with E-state index in [0.29, 0.717) is 21.2 Å². The van der Waals surface area contributed by atoms with Gasteiger partial charge in [-0.25, -0.2) is 8.42 Å². The molecule has 0 aliphatic carbocycles. The number of rotatable bonds is 7. The summed E-state index contributed by atoms with van der Waals surface area (Å²) in [6, 6.07) is 12.5. The van der Waals surface area contributed by atoms with Crippen LogP contribution in [0.25, 0.3) is 0 Å². The molecular weight excluding hydrogens is 511 g/mol. The zero-order chi connectivity index (χ0) is 26.1. The molecule has 0 aromatic heterocycles. The predicted molar refractivity (Wildman–Crippen MR) is 137 cm³/mol. The molecule has 2 amide bonds. The number of carbonyl (C=O) groups excluding carboxylic acids is 2. The van der Waals surface area contributed by atoms with E-state index < -0.39 is 50.7 Å². The molecule has 190 valence electrons. The Morgan fingerprint density at radius 3 is 2.26 bits per heavy atom. The van der Waals surface area contributed by atoms with Gasteiger partial charge in [-0.3, -0.25) is 9.59 Å². The summed E-state index contributed by atoms with van der Waals surface area (Å²) < 4.78 is 31.3. The van der Waals surface area contributed by atoms with Crippen LogP contribution in [0.5, 0.6) is 0 Å². The fraction of sp³-hybridized carbons (Fsp3) is 0.440. The number of ether oxygens (including phenoxy) is 1. The Bertz CT molecular complexity index is 1200. The van der Waals surface area contributed by atoms with E-state index in [-0.39, 0.29) is 12.2 Å². The van der Waals surface area contributed by atoms with Crippen molar-refractivity contribution in [3.63, 3.8) is 0 Å². The first-order chi connectivity index (χ1) is 16.2. The molecule has 2 N–H and O–H groups in total. The highest BCUT2D eigenvalue weighted by Crippen LogP contribution is 2.44. The maximum atomic E-state index is 13.7. The third kappa shape index (κ3) is 6.17. The molecule has 3 rings (SSSR count). The lowest BCUT2D eigenvalue weighted by Gasteiger charge is -2.47. The average Bonchev–Trinajstić information content (AvgIpc) is 2.74. The average molecular weight is 541 g/mol. The number of benzene rings is 2. The van der Waals surface area contributed by atoms with Gasteiger partial charge in [0.15, 0.2) is 9.84 Å². The topological polar surface area (TPSA) is 107 Å². The summed E-state index contributed by atoms with van der Waals surface area (Å²) in [7, 11) is -3.58. The molecular formula is C25H30Cl2N2O5S. The van der Waals surface area contributed by atoms with E-state index in [2.05, 4.69) is 0 Å². The van der Waals surface area contributed by atoms with Crippen LogP contribution >= 0.6 is 23.2 Å². The van der Waals surface area contributed by atoms with E-state index in [1.165, 1.54) is 4.90 Å². The third-order valence-electron chi connectivity index (χ3n) is 6.07. The quantitative estimate of drug-likeness (QED) is 0.557. The van der Waals surface area contributed by atoms with E-state index >= 15 is 0 Å². The lowest BCUT2D eigenvalue weighted by atomic mass is 9.90. The van der Waals surface area contributed by atoms with Crippen LogP contribution in [0.4, 0.5) is 0 Å². The molecule has 0 saturated carbocycles. The molecule has 7 nitrogen and oxygen atoms in total. The second-order valence-electron chi connectivity index (χ2n) is 9.76. The number of nitrogens with two attached hydrogens (primary N) is 1. The maximum absolute atomic E-state index is 13.7. The van der Waals surface area contributed by atoms with Gasteiger partial charge in [0.25, 0.3) is 5.91 Å². The molecule has 0 bridgehead atoms. The van der Waals surface area contributed by atoms with Crippen LogP contribution in [0.2, 0.25) is 10.0 Å². The Balaban J connectivity index is 2.17. The Hall–Kier alpha value is -2.13. The Morgan fingerprint density at radius 1 is 1.09 bits per heavy atom. The lowest BCUT2D eigenvalue weighted by Crippen LogP contribution is -2.56. The minimum absolute atomic E-state index is 0.266. The van der Waals surface area contributed by atoms with Crippen LogP contribution in [0.3, 0.4) is 0 Å². The zero-order valence-electron chi connectivity index (χ0n) is 20.1. The summed E-state index contributed by atoms with van der Waals surface area (Å²) in [5.74, 6) is -1.47. The van der Waals surface area contributed by atoms with Gasteiger partial charge in [-0.05, 0) is 63.1 Å². The van der Waals surface area contributed by atoms with Crippen molar-refractivity contribution in [1.29, 1.82) is 0 Å². The van der Waals surface area contributed by atoms with Crippen LogP contribution in [0.15, 0.2) is 48.5 Å². The summed E-state index contributed by atoms with van der Waals surface area (Å²) in [5.41, 5.74) is 6.79. The highest BCUT2D eigenvalue weighted by molar-refractivity contribution is 7.92. The van der Waals surface area contributed by atoms with Gasteiger partial charge < -0.3 is 15.4 Å². The second-order valence-corrected chi connectivity index (χ2v) is 13.4. The molecule has 4 atom stereocenters. The summed E-state index contributed by atoms with van der Waals surface area (Å²) >= 11 is 12.4. The third-order valence-corrected chi connectivity index (χ3v) is 9.35. The maximum Gasteiger partial charge on any atom is 0.253 e. The molecule has 2 aromatic carbocycles. The number of carbonyl (C=O) groups is 2. The van der Waals surface area contributed by atoms with Crippen molar-refractivity contribution in [3.8, 4) is 0 Å². The standard InChI is InChI=1S/C25H30Cl2N2O5S/c1-15(14-35(32,33)25(2,3)4)29-22(16-8-10-18(26)11-9-16)23(17-6-5-7-19(27)12-17)34-20(24(29)31)13-21(28)30/h5-12,15,20,22-23H,13-14H2,1-4H3,(H2,28,30)/t15?,20-,22+,23+/m0/s1. The first-order valence-electron chi connectivity index (χ1n) is 11.2. The van der Waals surface area contributed by atoms with Crippen LogP contribution in [-0.2, 0) is 24.2 Å². The number of primary amides is 1. The summed E-state index contributed by atoms with van der Waals surface area (Å²) in [6.45, 7) is 6.55. The van der Waals surface area contributed by atoms with Crippen molar-refractivity contribution in [2.45, 2.75) is 63.2 Å². The van der Waals surface area contributed by atoms with E-state index in [1.54, 1.807) is 70.2 Å². The highest BCUT2D eigenvalue weighted by Gasteiger charge is 2.47. The van der Waals surface area contributed by atoms with E-state index in [0.717, 1.165) is 0 Å². The van der Waals surface area contributed by atoms with Gasteiger partial charge in [0.2, 0.25) is 5.91 Å². The first-order valence-corrected chi connectivity index (χ1v) is 13.6. The van der Waals surface area contributed by atoms with Crippen molar-refractivity contribution in [3.05, 3.63) is 69.7 Å². The van der Waals surface area contributed by atoms with Gasteiger partial charge in [0.05, 0.1) is 23.0 Å². The minimum atomic E-state index is -3.58. The molecule has 0 radical (unpaired) electrons. The Morgan fingerprint density at radius 2 is 1.71 bits per heavy atom. The highest BCUT2D eigenvalue weighted by atomic mass is 35.5. The zero-order valence-corrected chi connectivity index (χ0v) is 22.4. The fourth-order valence-electron chi connectivity index (χ4n) is 4.16. The Labute approximate surface area is 216 Å². The smallest absolute Gasteiger partial charge is 0.253 e. The van der Waals surface area contributed by atoms with Gasteiger partial charge in [-0.15, -0.1) is 0 Å². The van der Waals surface area contributed by atoms with Crippen LogP contribution in [-0.4, -0.2) is 47.8 Å². The van der Waals surface area contributed by atoms with Crippen molar-refractivity contribution in [1.82, 2.24) is 4.90 Å². The molecule has 35 heavy (non-hydrogen) atoms. The second kappa shape index (κ2) is 10.5. The van der Waals surface area contributed by atoms with Gasteiger partial charge in [0.1, 0.15) is 12.2 Å². The molecule has 2 aromatic rings. The van der Waals surface area contributed by atoms with Crippen molar-refractivity contribution in [2.75, 3.05) is 5.75 Å². The van der Waals surface area contributed by atoms with Crippen molar-refractivity contribution >= 4 is 44.9 Å². The van der Waals surface area contributed by atoms with E-state index in [1.807, 2.05) is 6.07 Å². The van der Waals surface area contributed by atoms with Gasteiger partial charge in [-0.1, -0.05) is 47.5 Å². The van der Waals surface area contributed by atoms with Crippen LogP contribution in [0.1, 0.15) is 57.4 Å². The normalized spacial score (nSPS) is 22.2. The number of nitrogens with zero attached hydrogens (tertiary/aromatic N) is 1. The predicted octanol–water partition coefficient (Wildman–Crippen LogP) is 4.48. The fourth-order valence-corrected chi connectivity index (χ4v) is 5.78. The molecule has 10 heteroatoms. The Kier molecular flexibility index (Phi) is 8.21. The number of sulfone groups is 1. The minimum Gasteiger partial charge on any atom is -0.370 e. The van der Waals surface area contributed by atoms with Crippen molar-refractivity contribution < 1.29 is 22.7 Å². The van der Waals surface area contributed by atoms with E-state index in [4.69, 9.17) is 33.7 Å². The number of hydrogen-bond donors (Lipinski definition) is 1. The van der Waals surface area contributed by atoms with Crippen LogP contribution < -0.4 is 5.73 Å². The number of amides is 2. The molecule has 1 aliphatic rings. The number of morpholine rings is 1. The summed E-state index contributed by atoms with van der Waals surface area (Å²) in [5, 5.41) is 0.983. The number of hydrogen-bond acceptors (Lipinski definition) is 5. The monoisotopic (exact) mass is 540 g/mol. The molecule has 1 fully saturated rings. The van der Waals surface area contributed by atoms with Gasteiger partial charge >= 0.3 is 0 Å². The number of halogens is 2.